The van der Waals surface area contributed by atoms with E-state index in [9.17, 15) is 14.7 Å². The lowest BCUT2D eigenvalue weighted by Crippen LogP contribution is -2.01. The van der Waals surface area contributed by atoms with Crippen molar-refractivity contribution >= 4 is 23.8 Å². The predicted molar refractivity (Wildman–Crippen MR) is 95.0 cm³/mol. The Balaban J connectivity index is 1.94. The minimum Gasteiger partial charge on any atom is -0.507 e. The number of aromatic hydroxyl groups is 1. The first-order valence-corrected chi connectivity index (χ1v) is 7.57. The van der Waals surface area contributed by atoms with E-state index >= 15 is 0 Å². The molecule has 0 saturated heterocycles. The molecule has 7 nitrogen and oxygen atoms in total. The molecule has 1 heterocycles. The number of hydrogen-bond donors (Lipinski definition) is 3. The minimum absolute atomic E-state index is 0.170. The molecule has 130 valence electrons. The van der Waals surface area contributed by atoms with Gasteiger partial charge in [-0.15, -0.1) is 0 Å². The fraction of sp³-hybridized carbons (Fsp3) is 0. The fourth-order valence-corrected chi connectivity index (χ4v) is 2.44. The van der Waals surface area contributed by atoms with Crippen LogP contribution in [0.25, 0.3) is 5.69 Å². The van der Waals surface area contributed by atoms with Crippen molar-refractivity contribution in [2.24, 2.45) is 4.99 Å². The molecule has 2 aromatic carbocycles. The van der Waals surface area contributed by atoms with Crippen molar-refractivity contribution in [2.75, 3.05) is 0 Å². The van der Waals surface area contributed by atoms with Gasteiger partial charge in [0, 0.05) is 11.9 Å². The Morgan fingerprint density at radius 3 is 2.50 bits per heavy atom. The minimum atomic E-state index is -1.24. The molecule has 0 aliphatic rings. The highest BCUT2D eigenvalue weighted by Gasteiger charge is 2.10. The van der Waals surface area contributed by atoms with Gasteiger partial charge >= 0.3 is 11.9 Å². The summed E-state index contributed by atoms with van der Waals surface area (Å²) in [4.78, 5) is 26.4. The second-order valence-electron chi connectivity index (χ2n) is 5.42. The number of benzene rings is 2. The Morgan fingerprint density at radius 1 is 0.962 bits per heavy atom. The summed E-state index contributed by atoms with van der Waals surface area (Å²) >= 11 is 0. The maximum atomic E-state index is 11.1. The first-order valence-electron chi connectivity index (χ1n) is 7.57. The number of aliphatic imine (C=N–C) groups is 1. The van der Waals surface area contributed by atoms with Gasteiger partial charge in [0.1, 0.15) is 11.3 Å². The molecule has 3 rings (SSSR count). The van der Waals surface area contributed by atoms with Gasteiger partial charge in [-0.2, -0.15) is 0 Å². The van der Waals surface area contributed by atoms with E-state index in [0.29, 0.717) is 17.1 Å². The lowest BCUT2D eigenvalue weighted by molar-refractivity contribution is 0.0684. The highest BCUT2D eigenvalue weighted by Crippen LogP contribution is 2.23. The van der Waals surface area contributed by atoms with Crippen molar-refractivity contribution in [3.8, 4) is 11.4 Å². The monoisotopic (exact) mass is 350 g/mol. The first-order chi connectivity index (χ1) is 12.5. The van der Waals surface area contributed by atoms with Crippen molar-refractivity contribution in [1.82, 2.24) is 4.57 Å². The predicted octanol–water partition coefficient (Wildman–Crippen LogP) is 3.33. The van der Waals surface area contributed by atoms with E-state index in [1.807, 2.05) is 0 Å². The summed E-state index contributed by atoms with van der Waals surface area (Å²) < 4.78 is 1.76. The van der Waals surface area contributed by atoms with Gasteiger partial charge < -0.3 is 19.9 Å². The number of nitrogens with zero attached hydrogens (tertiary/aromatic N) is 2. The molecule has 0 aliphatic carbocycles. The molecular weight excluding hydrogens is 336 g/mol. The lowest BCUT2D eigenvalue weighted by Gasteiger charge is -2.07. The molecule has 1 aromatic heterocycles. The summed E-state index contributed by atoms with van der Waals surface area (Å²) in [6, 6.07) is 14.1. The molecule has 7 heteroatoms. The van der Waals surface area contributed by atoms with E-state index in [1.165, 1.54) is 30.5 Å². The summed E-state index contributed by atoms with van der Waals surface area (Å²) in [5.74, 6) is -2.58. The number of carboxylic acids is 2. The topological polar surface area (TPSA) is 112 Å². The number of carboxylic acid groups (broad SMARTS) is 2. The number of aromatic nitrogens is 1. The molecule has 0 unspecified atom stereocenters. The first kappa shape index (κ1) is 17.0. The highest BCUT2D eigenvalue weighted by molar-refractivity contribution is 5.92. The maximum Gasteiger partial charge on any atom is 0.339 e. The van der Waals surface area contributed by atoms with Crippen molar-refractivity contribution in [3.63, 3.8) is 0 Å². The molecule has 3 N–H and O–H groups in total. The van der Waals surface area contributed by atoms with Crippen LogP contribution in [0.5, 0.6) is 5.75 Å². The third-order valence-corrected chi connectivity index (χ3v) is 3.71. The van der Waals surface area contributed by atoms with Crippen LogP contribution in [0.15, 0.2) is 65.8 Å². The zero-order valence-corrected chi connectivity index (χ0v) is 13.4. The quantitative estimate of drug-likeness (QED) is 0.611. The Labute approximate surface area is 148 Å². The van der Waals surface area contributed by atoms with Gasteiger partial charge in [0.2, 0.25) is 0 Å². The van der Waals surface area contributed by atoms with E-state index < -0.39 is 11.9 Å². The number of rotatable bonds is 5. The Bertz CT molecular complexity index is 1020. The van der Waals surface area contributed by atoms with Crippen molar-refractivity contribution < 1.29 is 24.9 Å². The summed E-state index contributed by atoms with van der Waals surface area (Å²) in [6.07, 6.45) is 3.30. The van der Waals surface area contributed by atoms with Gasteiger partial charge in [-0.05, 0) is 48.5 Å². The van der Waals surface area contributed by atoms with E-state index in [1.54, 1.807) is 41.1 Å². The standard InChI is InChI=1S/C19H14N2O5/c22-17-7-6-13(10-16(17)19(25)26)20-11-15-5-2-8-21(15)14-4-1-3-12(9-14)18(23)24/h1-11,22H,(H,23,24)(H,25,26). The molecule has 0 saturated carbocycles. The van der Waals surface area contributed by atoms with Crippen molar-refractivity contribution in [2.45, 2.75) is 0 Å². The number of phenols is 1. The molecule has 0 atom stereocenters. The van der Waals surface area contributed by atoms with E-state index in [-0.39, 0.29) is 16.9 Å². The van der Waals surface area contributed by atoms with Crippen LogP contribution in [0.4, 0.5) is 5.69 Å². The third-order valence-electron chi connectivity index (χ3n) is 3.71. The zero-order chi connectivity index (χ0) is 18.7. The summed E-state index contributed by atoms with van der Waals surface area (Å²) in [7, 11) is 0. The summed E-state index contributed by atoms with van der Waals surface area (Å²) in [5, 5.41) is 27.7. The van der Waals surface area contributed by atoms with Gasteiger partial charge in [-0.1, -0.05) is 6.07 Å². The summed E-state index contributed by atoms with van der Waals surface area (Å²) in [5.41, 5.74) is 1.64. The van der Waals surface area contributed by atoms with Gasteiger partial charge in [0.25, 0.3) is 0 Å². The van der Waals surface area contributed by atoms with Crippen LogP contribution in [0.2, 0.25) is 0 Å². The molecule has 0 spiro atoms. The molecular formula is C19H14N2O5. The van der Waals surface area contributed by atoms with Crippen LogP contribution in [-0.4, -0.2) is 38.0 Å². The Kier molecular flexibility index (Phi) is 4.53. The highest BCUT2D eigenvalue weighted by atomic mass is 16.4. The number of aromatic carboxylic acids is 2. The molecule has 0 bridgehead atoms. The van der Waals surface area contributed by atoms with E-state index in [4.69, 9.17) is 10.2 Å². The van der Waals surface area contributed by atoms with Crippen LogP contribution in [-0.2, 0) is 0 Å². The average molecular weight is 350 g/mol. The Hall–Kier alpha value is -3.87. The molecule has 0 radical (unpaired) electrons. The molecule has 0 amide bonds. The van der Waals surface area contributed by atoms with Crippen molar-refractivity contribution in [3.05, 3.63) is 77.6 Å². The Morgan fingerprint density at radius 2 is 1.77 bits per heavy atom. The van der Waals surface area contributed by atoms with Gasteiger partial charge in [0.05, 0.1) is 23.2 Å². The van der Waals surface area contributed by atoms with Crippen LogP contribution in [0.3, 0.4) is 0 Å². The number of carbonyl (C=O) groups is 2. The summed E-state index contributed by atoms with van der Waals surface area (Å²) in [6.45, 7) is 0. The molecule has 0 aliphatic heterocycles. The van der Waals surface area contributed by atoms with Crippen LogP contribution in [0, 0.1) is 0 Å². The SMILES string of the molecule is O=C(O)c1cccc(-n2cccc2C=Nc2ccc(O)c(C(=O)O)c2)c1. The average Bonchev–Trinajstić information content (AvgIpc) is 3.09. The largest absolute Gasteiger partial charge is 0.507 e. The second-order valence-corrected chi connectivity index (χ2v) is 5.42. The third kappa shape index (κ3) is 3.46. The molecule has 26 heavy (non-hydrogen) atoms. The van der Waals surface area contributed by atoms with E-state index in [2.05, 4.69) is 4.99 Å². The van der Waals surface area contributed by atoms with Crippen LogP contribution < -0.4 is 0 Å². The molecule has 0 fully saturated rings. The lowest BCUT2D eigenvalue weighted by atomic mass is 10.2. The van der Waals surface area contributed by atoms with Gasteiger partial charge in [-0.25, -0.2) is 9.59 Å². The van der Waals surface area contributed by atoms with E-state index in [0.717, 1.165) is 0 Å². The smallest absolute Gasteiger partial charge is 0.339 e. The second kappa shape index (κ2) is 6.94. The van der Waals surface area contributed by atoms with Gasteiger partial charge in [-0.3, -0.25) is 4.99 Å². The number of hydrogen-bond acceptors (Lipinski definition) is 4. The van der Waals surface area contributed by atoms with Crippen LogP contribution in [0.1, 0.15) is 26.4 Å². The zero-order valence-electron chi connectivity index (χ0n) is 13.4. The van der Waals surface area contributed by atoms with Crippen LogP contribution >= 0.6 is 0 Å². The maximum absolute atomic E-state index is 11.1. The fourth-order valence-electron chi connectivity index (χ4n) is 2.44. The molecule has 3 aromatic rings. The normalized spacial score (nSPS) is 10.9. The van der Waals surface area contributed by atoms with Crippen molar-refractivity contribution in [1.29, 1.82) is 0 Å². The van der Waals surface area contributed by atoms with Gasteiger partial charge in [0.15, 0.2) is 0 Å².